The fourth-order valence-electron chi connectivity index (χ4n) is 8.75. The van der Waals surface area contributed by atoms with Gasteiger partial charge in [0.1, 0.15) is 34.8 Å². The second-order valence-electron chi connectivity index (χ2n) is 18.5. The van der Waals surface area contributed by atoms with Gasteiger partial charge in [0.05, 0.1) is 34.4 Å². The summed E-state index contributed by atoms with van der Waals surface area (Å²) in [6.07, 6.45) is 12.7. The first-order valence-corrected chi connectivity index (χ1v) is 25.8. The highest BCUT2D eigenvalue weighted by Gasteiger charge is 2.32. The number of carboxylic acids is 2. The summed E-state index contributed by atoms with van der Waals surface area (Å²) in [5.74, 6) is 2.65. The predicted molar refractivity (Wildman–Crippen MR) is 287 cm³/mol. The van der Waals surface area contributed by atoms with Gasteiger partial charge < -0.3 is 34.3 Å². The Kier molecular flexibility index (Phi) is 30.4. The van der Waals surface area contributed by atoms with Crippen molar-refractivity contribution < 1.29 is 53.4 Å². The van der Waals surface area contributed by atoms with Crippen LogP contribution in [0, 0.1) is 11.8 Å². The van der Waals surface area contributed by atoms with E-state index >= 15 is 0 Å². The summed E-state index contributed by atoms with van der Waals surface area (Å²) in [4.78, 5) is 48.7. The number of carbonyl (C=O) groups is 4. The summed E-state index contributed by atoms with van der Waals surface area (Å²) in [6.45, 7) is 15.6. The molecule has 0 radical (unpaired) electrons. The van der Waals surface area contributed by atoms with Crippen molar-refractivity contribution in [2.45, 2.75) is 136 Å². The third-order valence-electron chi connectivity index (χ3n) is 13.5. The lowest BCUT2D eigenvalue weighted by molar-refractivity contribution is -0.144. The van der Waals surface area contributed by atoms with E-state index in [1.54, 1.807) is 59.6 Å². The van der Waals surface area contributed by atoms with Crippen molar-refractivity contribution in [3.8, 4) is 23.0 Å². The highest BCUT2D eigenvalue weighted by atomic mass is 16.5. The Bertz CT molecular complexity index is 2090. The molecule has 0 aliphatic heterocycles. The lowest BCUT2D eigenvalue weighted by Crippen LogP contribution is -2.41. The molecule has 13 nitrogen and oxygen atoms in total. The third kappa shape index (κ3) is 21.4. The Labute approximate surface area is 430 Å². The molecule has 4 aromatic rings. The molecule has 5 atom stereocenters. The maximum absolute atomic E-state index is 12.9. The molecular weight excluding hydrogens is 913 g/mol. The molecule has 1 aliphatic rings. The zero-order valence-corrected chi connectivity index (χ0v) is 44.9. The second kappa shape index (κ2) is 35.2. The van der Waals surface area contributed by atoms with E-state index in [2.05, 4.69) is 68.7 Å². The van der Waals surface area contributed by atoms with Crippen molar-refractivity contribution in [2.24, 2.45) is 11.8 Å². The number of hydrogen-bond donors (Lipinski definition) is 3. The number of ketones is 1. The van der Waals surface area contributed by atoms with E-state index in [4.69, 9.17) is 34.0 Å². The summed E-state index contributed by atoms with van der Waals surface area (Å²) in [5, 5.41) is 25.7. The van der Waals surface area contributed by atoms with Crippen molar-refractivity contribution in [3.63, 3.8) is 0 Å². The number of methoxy groups -OCH3 is 4. The van der Waals surface area contributed by atoms with Crippen molar-refractivity contribution >= 4 is 24.2 Å². The molecule has 1 fully saturated rings. The van der Waals surface area contributed by atoms with Crippen LogP contribution in [0.1, 0.15) is 158 Å². The molecule has 13 heteroatoms. The quantitative estimate of drug-likeness (QED) is 0.0363. The number of ether oxygens (including phenoxy) is 4. The zero-order valence-electron chi connectivity index (χ0n) is 44.9. The fourth-order valence-corrected chi connectivity index (χ4v) is 8.75. The molecule has 0 spiro atoms. The highest BCUT2D eigenvalue weighted by Crippen LogP contribution is 2.37. The van der Waals surface area contributed by atoms with Crippen LogP contribution < -0.4 is 18.9 Å². The van der Waals surface area contributed by atoms with E-state index in [1.165, 1.54) is 43.2 Å². The Morgan fingerprint density at radius 3 is 1.36 bits per heavy atom. The van der Waals surface area contributed by atoms with Crippen molar-refractivity contribution in [1.29, 1.82) is 0 Å². The van der Waals surface area contributed by atoms with Gasteiger partial charge in [0.25, 0.3) is 6.47 Å². The molecular formula is C59H86N2O11. The van der Waals surface area contributed by atoms with Gasteiger partial charge in [0.2, 0.25) is 0 Å². The van der Waals surface area contributed by atoms with E-state index in [-0.39, 0.29) is 18.4 Å². The maximum atomic E-state index is 12.9. The van der Waals surface area contributed by atoms with Crippen LogP contribution in [-0.2, 0) is 19.2 Å². The average molecular weight is 999 g/mol. The second-order valence-corrected chi connectivity index (χ2v) is 18.5. The van der Waals surface area contributed by atoms with E-state index in [9.17, 15) is 19.5 Å². The van der Waals surface area contributed by atoms with Crippen molar-refractivity contribution in [3.05, 3.63) is 119 Å². The molecule has 5 unspecified atom stereocenters. The van der Waals surface area contributed by atoms with Gasteiger partial charge in [-0.15, -0.1) is 0 Å². The molecule has 1 saturated carbocycles. The molecule has 0 aromatic heterocycles. The number of aliphatic carboxylic acids is 2. The minimum Gasteiger partial charge on any atom is -0.497 e. The molecule has 0 saturated heterocycles. The molecule has 0 heterocycles. The Morgan fingerprint density at radius 2 is 0.972 bits per heavy atom. The first kappa shape index (κ1) is 62.2. The normalized spacial score (nSPS) is 13.9. The minimum atomic E-state index is -0.825. The van der Waals surface area contributed by atoms with Gasteiger partial charge in [-0.1, -0.05) is 108 Å². The van der Waals surface area contributed by atoms with Crippen LogP contribution in [0.5, 0.6) is 23.0 Å². The van der Waals surface area contributed by atoms with Gasteiger partial charge in [-0.25, -0.2) is 0 Å². The summed E-state index contributed by atoms with van der Waals surface area (Å²) in [5.41, 5.74) is 3.96. The molecule has 0 bridgehead atoms. The molecule has 0 amide bonds. The maximum Gasteiger partial charge on any atom is 0.325 e. The highest BCUT2D eigenvalue weighted by molar-refractivity contribution is 5.88. The summed E-state index contributed by atoms with van der Waals surface area (Å²) >= 11 is 0. The smallest absolute Gasteiger partial charge is 0.325 e. The number of carbonyl (C=O) groups excluding carboxylic acids is 1. The van der Waals surface area contributed by atoms with Crippen LogP contribution in [0.4, 0.5) is 0 Å². The van der Waals surface area contributed by atoms with Crippen LogP contribution in [0.2, 0.25) is 0 Å². The van der Waals surface area contributed by atoms with Gasteiger partial charge in [0.15, 0.2) is 0 Å². The van der Waals surface area contributed by atoms with Crippen LogP contribution in [0.15, 0.2) is 97.1 Å². The average Bonchev–Trinajstić information content (AvgIpc) is 3.37. The van der Waals surface area contributed by atoms with Crippen LogP contribution in [0.25, 0.3) is 0 Å². The molecule has 4 aromatic carbocycles. The molecule has 1 aliphatic carbocycles. The van der Waals surface area contributed by atoms with Crippen LogP contribution >= 0.6 is 0 Å². The van der Waals surface area contributed by atoms with Crippen molar-refractivity contribution in [2.75, 3.05) is 54.6 Å². The summed E-state index contributed by atoms with van der Waals surface area (Å²) in [6, 6.07) is 30.3. The standard InChI is InChI=1S/C26H38N2O4.C22H34O2.C10H12O3.CH2O2/c1-6-16-27(20(3)21-8-12-23(31-4)13-9-21)18-19-28(17-7-2)25(26(29)30)22-10-14-24(32-5)15-11-22;1-4-5-6-8-17(2)11-16-21(22(23)19-9-7-10-19)18-12-14-20(24-3)15-13-18;1-7(10(11)12)8-3-5-9(13-2)6-4-8;2-1-3/h8-15,20,25H,6-7,16-19H2,1-5H3,(H,29,30);12-15,17,19,21H,4-11,16H2,1-3H3;3-7H,1-2H3,(H,11,12);1H,(H,2,3). The summed E-state index contributed by atoms with van der Waals surface area (Å²) < 4.78 is 20.7. The predicted octanol–water partition coefficient (Wildman–Crippen LogP) is 12.7. The van der Waals surface area contributed by atoms with E-state index in [0.717, 1.165) is 92.3 Å². The molecule has 5 rings (SSSR count). The Hall–Kier alpha value is -5.92. The number of hydrogen-bond acceptors (Lipinski definition) is 10. The van der Waals surface area contributed by atoms with Gasteiger partial charge in [-0.05, 0) is 142 Å². The first-order valence-electron chi connectivity index (χ1n) is 25.8. The number of rotatable bonds is 28. The topological polar surface area (TPSA) is 172 Å². The summed E-state index contributed by atoms with van der Waals surface area (Å²) in [7, 11) is 6.55. The van der Waals surface area contributed by atoms with E-state index in [1.807, 2.05) is 48.5 Å². The number of Topliss-reactive ketones (excluding diaryl/α,β-unsaturated/α-hetero) is 1. The van der Waals surface area contributed by atoms with Gasteiger partial charge in [-0.3, -0.25) is 29.0 Å². The minimum absolute atomic E-state index is 0.0785. The van der Waals surface area contributed by atoms with Gasteiger partial charge in [0, 0.05) is 31.0 Å². The van der Waals surface area contributed by atoms with Gasteiger partial charge >= 0.3 is 11.9 Å². The van der Waals surface area contributed by atoms with Gasteiger partial charge in [-0.2, -0.15) is 0 Å². The Morgan fingerprint density at radius 1 is 0.556 bits per heavy atom. The number of benzene rings is 4. The molecule has 398 valence electrons. The largest absolute Gasteiger partial charge is 0.497 e. The number of carboxylic acid groups (broad SMARTS) is 3. The number of nitrogens with zero attached hydrogens (tertiary/aromatic N) is 2. The molecule has 3 N–H and O–H groups in total. The van der Waals surface area contributed by atoms with Crippen LogP contribution in [-0.4, -0.2) is 104 Å². The lowest BCUT2D eigenvalue weighted by atomic mass is 9.74. The first-order chi connectivity index (χ1) is 34.7. The zero-order chi connectivity index (χ0) is 53.4. The monoisotopic (exact) mass is 999 g/mol. The van der Waals surface area contributed by atoms with E-state index in [0.29, 0.717) is 24.2 Å². The SMILES string of the molecule is CCCCCC(C)CCC(C(=O)C1CCC1)c1ccc(OC)cc1.CCCN(CCN(CCC)C(C(=O)O)c1ccc(OC)cc1)C(C)c1ccc(OC)cc1.COc1ccc(C(C)C(=O)O)cc1.O=CO. The lowest BCUT2D eigenvalue weighted by Gasteiger charge is -2.34. The fraction of sp³-hybridized carbons (Fsp3) is 0.525. The van der Waals surface area contributed by atoms with Crippen LogP contribution in [0.3, 0.4) is 0 Å². The number of unbranched alkanes of at least 4 members (excludes halogenated alkanes) is 2. The van der Waals surface area contributed by atoms with Crippen molar-refractivity contribution in [1.82, 2.24) is 9.80 Å². The third-order valence-corrected chi connectivity index (χ3v) is 13.5. The molecule has 72 heavy (non-hydrogen) atoms. The van der Waals surface area contributed by atoms with E-state index < -0.39 is 23.9 Å². The Balaban J connectivity index is 0.000000388.